The lowest BCUT2D eigenvalue weighted by molar-refractivity contribution is -0.134. The van der Waals surface area contributed by atoms with Crippen molar-refractivity contribution in [1.29, 1.82) is 0 Å². The van der Waals surface area contributed by atoms with Crippen molar-refractivity contribution in [2.45, 2.75) is 18.5 Å². The van der Waals surface area contributed by atoms with E-state index in [2.05, 4.69) is 4.90 Å². The summed E-state index contributed by atoms with van der Waals surface area (Å²) in [7, 11) is 3.78. The Hall–Kier alpha value is -0.650. The Balaban J connectivity index is 2.48. The lowest BCUT2D eigenvalue weighted by atomic mass is 10.2. The summed E-state index contributed by atoms with van der Waals surface area (Å²) < 4.78 is 0. The Morgan fingerprint density at radius 1 is 1.79 bits per heavy atom. The number of amides is 1. The van der Waals surface area contributed by atoms with Gasteiger partial charge in [0.25, 0.3) is 0 Å². The standard InChI is InChI=1S/C9H19N3O2/c1-11-4-3-7(5-11)12(2)9(14)8(10)6-13/h7-8,13H,3-6,10H2,1-2H3. The summed E-state index contributed by atoms with van der Waals surface area (Å²) >= 11 is 0. The normalized spacial score (nSPS) is 25.0. The van der Waals surface area contributed by atoms with Gasteiger partial charge in [-0.2, -0.15) is 0 Å². The molecular weight excluding hydrogens is 182 g/mol. The van der Waals surface area contributed by atoms with E-state index in [0.29, 0.717) is 0 Å². The van der Waals surface area contributed by atoms with Crippen LogP contribution in [-0.4, -0.2) is 66.7 Å². The molecule has 1 fully saturated rings. The Labute approximate surface area is 84.5 Å². The van der Waals surface area contributed by atoms with Crippen LogP contribution in [0.5, 0.6) is 0 Å². The molecule has 82 valence electrons. The molecule has 5 heteroatoms. The number of carbonyl (C=O) groups is 1. The molecule has 2 atom stereocenters. The highest BCUT2D eigenvalue weighted by Gasteiger charge is 2.28. The van der Waals surface area contributed by atoms with Gasteiger partial charge in [0.05, 0.1) is 6.61 Å². The van der Waals surface area contributed by atoms with Crippen LogP contribution in [0.2, 0.25) is 0 Å². The second-order valence-corrected chi connectivity index (χ2v) is 3.94. The molecule has 1 heterocycles. The van der Waals surface area contributed by atoms with E-state index in [4.69, 9.17) is 10.8 Å². The molecule has 0 radical (unpaired) electrons. The Morgan fingerprint density at radius 2 is 2.43 bits per heavy atom. The fourth-order valence-electron chi connectivity index (χ4n) is 1.75. The fraction of sp³-hybridized carbons (Fsp3) is 0.889. The number of carbonyl (C=O) groups excluding carboxylic acids is 1. The molecule has 5 nitrogen and oxygen atoms in total. The predicted octanol–water partition coefficient (Wildman–Crippen LogP) is -1.53. The average molecular weight is 201 g/mol. The first-order valence-electron chi connectivity index (χ1n) is 4.88. The molecule has 0 bridgehead atoms. The molecule has 1 saturated heterocycles. The minimum Gasteiger partial charge on any atom is -0.394 e. The van der Waals surface area contributed by atoms with Gasteiger partial charge in [-0.25, -0.2) is 0 Å². The number of likely N-dealkylation sites (N-methyl/N-ethyl adjacent to an activating group) is 2. The number of nitrogens with two attached hydrogens (primary N) is 1. The monoisotopic (exact) mass is 201 g/mol. The quantitative estimate of drug-likeness (QED) is 0.581. The summed E-state index contributed by atoms with van der Waals surface area (Å²) in [6.45, 7) is 1.61. The highest BCUT2D eigenvalue weighted by molar-refractivity contribution is 5.81. The van der Waals surface area contributed by atoms with Crippen molar-refractivity contribution in [3.63, 3.8) is 0 Å². The number of likely N-dealkylation sites (tertiary alicyclic amines) is 1. The third kappa shape index (κ3) is 2.43. The summed E-state index contributed by atoms with van der Waals surface area (Å²) in [5.41, 5.74) is 5.46. The highest BCUT2D eigenvalue weighted by atomic mass is 16.3. The minimum atomic E-state index is -0.772. The molecule has 1 amide bonds. The zero-order valence-corrected chi connectivity index (χ0v) is 8.81. The molecule has 0 aromatic heterocycles. The SMILES string of the molecule is CN1CCC(N(C)C(=O)C(N)CO)C1. The zero-order valence-electron chi connectivity index (χ0n) is 8.81. The number of aliphatic hydroxyl groups excluding tert-OH is 1. The molecule has 0 aromatic carbocycles. The molecule has 1 aliphatic heterocycles. The van der Waals surface area contributed by atoms with Gasteiger partial charge in [-0.15, -0.1) is 0 Å². The van der Waals surface area contributed by atoms with Crippen LogP contribution < -0.4 is 5.73 Å². The average Bonchev–Trinajstić information content (AvgIpc) is 2.61. The first kappa shape index (κ1) is 11.4. The van der Waals surface area contributed by atoms with Crippen molar-refractivity contribution in [3.8, 4) is 0 Å². The maximum absolute atomic E-state index is 11.6. The van der Waals surface area contributed by atoms with E-state index < -0.39 is 6.04 Å². The topological polar surface area (TPSA) is 69.8 Å². The lowest BCUT2D eigenvalue weighted by Crippen LogP contribution is -2.48. The fourth-order valence-corrected chi connectivity index (χ4v) is 1.75. The maximum atomic E-state index is 11.6. The van der Waals surface area contributed by atoms with Crippen LogP contribution in [0.15, 0.2) is 0 Å². The predicted molar refractivity (Wildman–Crippen MR) is 53.7 cm³/mol. The molecular formula is C9H19N3O2. The smallest absolute Gasteiger partial charge is 0.241 e. The summed E-state index contributed by atoms with van der Waals surface area (Å²) in [5.74, 6) is -0.173. The van der Waals surface area contributed by atoms with Gasteiger partial charge in [-0.1, -0.05) is 0 Å². The van der Waals surface area contributed by atoms with Gasteiger partial charge in [0, 0.05) is 19.6 Å². The van der Waals surface area contributed by atoms with Crippen molar-refractivity contribution in [1.82, 2.24) is 9.80 Å². The van der Waals surface area contributed by atoms with Gasteiger partial charge in [-0.05, 0) is 20.0 Å². The molecule has 1 aliphatic rings. The van der Waals surface area contributed by atoms with Crippen molar-refractivity contribution >= 4 is 5.91 Å². The van der Waals surface area contributed by atoms with E-state index in [-0.39, 0.29) is 18.6 Å². The first-order chi connectivity index (χ1) is 6.56. The van der Waals surface area contributed by atoms with Crippen LogP contribution in [0.3, 0.4) is 0 Å². The van der Waals surface area contributed by atoms with Crippen LogP contribution in [0.4, 0.5) is 0 Å². The highest BCUT2D eigenvalue weighted by Crippen LogP contribution is 2.12. The van der Waals surface area contributed by atoms with Gasteiger partial charge in [0.1, 0.15) is 6.04 Å². The third-order valence-electron chi connectivity index (χ3n) is 2.78. The maximum Gasteiger partial charge on any atom is 0.241 e. The van der Waals surface area contributed by atoms with Gasteiger partial charge >= 0.3 is 0 Å². The van der Waals surface area contributed by atoms with Crippen molar-refractivity contribution in [2.24, 2.45) is 5.73 Å². The largest absolute Gasteiger partial charge is 0.394 e. The second-order valence-electron chi connectivity index (χ2n) is 3.94. The molecule has 3 N–H and O–H groups in total. The number of aliphatic hydroxyl groups is 1. The third-order valence-corrected chi connectivity index (χ3v) is 2.78. The van der Waals surface area contributed by atoms with Gasteiger partial charge in [-0.3, -0.25) is 4.79 Å². The number of hydrogen-bond donors (Lipinski definition) is 2. The van der Waals surface area contributed by atoms with E-state index in [1.54, 1.807) is 11.9 Å². The van der Waals surface area contributed by atoms with Gasteiger partial charge in [0.15, 0.2) is 0 Å². The van der Waals surface area contributed by atoms with Crippen LogP contribution in [0.25, 0.3) is 0 Å². The van der Waals surface area contributed by atoms with Crippen LogP contribution >= 0.6 is 0 Å². The zero-order chi connectivity index (χ0) is 10.7. The van der Waals surface area contributed by atoms with Crippen LogP contribution in [0.1, 0.15) is 6.42 Å². The Bertz CT molecular complexity index is 210. The number of hydrogen-bond acceptors (Lipinski definition) is 4. The molecule has 0 aromatic rings. The van der Waals surface area contributed by atoms with Gasteiger partial charge < -0.3 is 20.6 Å². The molecule has 1 rings (SSSR count). The first-order valence-corrected chi connectivity index (χ1v) is 4.88. The molecule has 0 spiro atoms. The van der Waals surface area contributed by atoms with E-state index in [1.807, 2.05) is 7.05 Å². The van der Waals surface area contributed by atoms with Gasteiger partial charge in [0.2, 0.25) is 5.91 Å². The number of rotatable bonds is 3. The van der Waals surface area contributed by atoms with E-state index in [9.17, 15) is 4.79 Å². The molecule has 14 heavy (non-hydrogen) atoms. The molecule has 0 aliphatic carbocycles. The minimum absolute atomic E-state index is 0.173. The van der Waals surface area contributed by atoms with E-state index in [1.165, 1.54) is 0 Å². The lowest BCUT2D eigenvalue weighted by Gasteiger charge is -2.26. The summed E-state index contributed by atoms with van der Waals surface area (Å²) in [6, 6.07) is -0.531. The summed E-state index contributed by atoms with van der Waals surface area (Å²) in [5, 5.41) is 8.77. The van der Waals surface area contributed by atoms with Crippen LogP contribution in [0, 0.1) is 0 Å². The van der Waals surface area contributed by atoms with Crippen molar-refractivity contribution < 1.29 is 9.90 Å². The Kier molecular flexibility index (Phi) is 3.86. The summed E-state index contributed by atoms with van der Waals surface area (Å²) in [6.07, 6.45) is 0.983. The summed E-state index contributed by atoms with van der Waals surface area (Å²) in [4.78, 5) is 15.4. The van der Waals surface area contributed by atoms with E-state index in [0.717, 1.165) is 19.5 Å². The second kappa shape index (κ2) is 4.72. The van der Waals surface area contributed by atoms with Crippen molar-refractivity contribution in [2.75, 3.05) is 33.8 Å². The van der Waals surface area contributed by atoms with E-state index >= 15 is 0 Å². The Morgan fingerprint density at radius 3 is 2.86 bits per heavy atom. The molecule has 0 saturated carbocycles. The van der Waals surface area contributed by atoms with Crippen LogP contribution in [-0.2, 0) is 4.79 Å². The molecule has 2 unspecified atom stereocenters. The van der Waals surface area contributed by atoms with Crippen molar-refractivity contribution in [3.05, 3.63) is 0 Å². The number of nitrogens with zero attached hydrogens (tertiary/aromatic N) is 2.